The van der Waals surface area contributed by atoms with Gasteiger partial charge in [-0.2, -0.15) is 0 Å². The third-order valence-electron chi connectivity index (χ3n) is 3.53. The van der Waals surface area contributed by atoms with Crippen LogP contribution in [-0.4, -0.2) is 9.97 Å². The Labute approximate surface area is 145 Å². The van der Waals surface area contributed by atoms with Gasteiger partial charge in [-0.3, -0.25) is 0 Å². The fraction of sp³-hybridized carbons (Fsp3) is 0. The fourth-order valence-corrected chi connectivity index (χ4v) is 3.37. The van der Waals surface area contributed by atoms with Crippen LogP contribution in [0.15, 0.2) is 36.4 Å². The van der Waals surface area contributed by atoms with Gasteiger partial charge in [0.25, 0.3) is 0 Å². The van der Waals surface area contributed by atoms with Crippen molar-refractivity contribution in [2.75, 3.05) is 0 Å². The normalized spacial score (nSPS) is 11.6. The first-order valence-corrected chi connectivity index (χ1v) is 7.89. The molecule has 0 aliphatic rings. The van der Waals surface area contributed by atoms with Crippen LogP contribution in [0.1, 0.15) is 0 Å². The number of halogens is 4. The van der Waals surface area contributed by atoms with Crippen LogP contribution in [0.3, 0.4) is 0 Å². The lowest BCUT2D eigenvalue weighted by atomic mass is 10.1. The van der Waals surface area contributed by atoms with Gasteiger partial charge in [-0.15, -0.1) is 0 Å². The summed E-state index contributed by atoms with van der Waals surface area (Å²) in [7, 11) is 0. The summed E-state index contributed by atoms with van der Waals surface area (Å²) in [6.45, 7) is 0. The quantitative estimate of drug-likeness (QED) is 0.200. The number of hydrogen-bond acceptors (Lipinski definition) is 2. The van der Waals surface area contributed by atoms with Crippen molar-refractivity contribution in [2.45, 2.75) is 0 Å². The van der Waals surface area contributed by atoms with E-state index in [0.29, 0.717) is 11.0 Å². The summed E-state index contributed by atoms with van der Waals surface area (Å²) in [5, 5.41) is 3.05. The van der Waals surface area contributed by atoms with Crippen LogP contribution in [0.4, 0.5) is 0 Å². The van der Waals surface area contributed by atoms with Crippen LogP contribution in [0.25, 0.3) is 32.8 Å². The molecule has 0 spiro atoms. The molecule has 0 saturated heterocycles. The highest BCUT2D eigenvalue weighted by Gasteiger charge is 2.18. The van der Waals surface area contributed by atoms with E-state index < -0.39 is 0 Å². The summed E-state index contributed by atoms with van der Waals surface area (Å²) >= 11 is 24.7. The minimum atomic E-state index is 0.190. The zero-order valence-corrected chi connectivity index (χ0v) is 13.9. The zero-order valence-electron chi connectivity index (χ0n) is 10.9. The van der Waals surface area contributed by atoms with E-state index in [4.69, 9.17) is 46.4 Å². The van der Waals surface area contributed by atoms with E-state index in [1.807, 2.05) is 36.4 Å². The molecule has 0 N–H and O–H groups in total. The van der Waals surface area contributed by atoms with Crippen molar-refractivity contribution in [3.8, 4) is 0 Å². The lowest BCUT2D eigenvalue weighted by Crippen LogP contribution is -1.91. The molecular formula is C16H6Cl4N2. The van der Waals surface area contributed by atoms with E-state index >= 15 is 0 Å². The topological polar surface area (TPSA) is 25.8 Å². The van der Waals surface area contributed by atoms with Gasteiger partial charge in [0.15, 0.2) is 0 Å². The van der Waals surface area contributed by atoms with Gasteiger partial charge in [0, 0.05) is 0 Å². The second-order valence-corrected chi connectivity index (χ2v) is 6.38. The molecule has 0 amide bonds. The average Bonchev–Trinajstić information content (AvgIpc) is 2.55. The molecule has 0 unspecified atom stereocenters. The molecule has 1 heterocycles. The fourth-order valence-electron chi connectivity index (χ4n) is 2.45. The van der Waals surface area contributed by atoms with Crippen molar-refractivity contribution in [3.63, 3.8) is 0 Å². The van der Waals surface area contributed by atoms with Crippen molar-refractivity contribution in [2.24, 2.45) is 0 Å². The van der Waals surface area contributed by atoms with Crippen molar-refractivity contribution < 1.29 is 0 Å². The molecular weight excluding hydrogens is 362 g/mol. The van der Waals surface area contributed by atoms with Gasteiger partial charge in [0.05, 0.1) is 31.1 Å². The molecule has 108 valence electrons. The molecule has 0 saturated carbocycles. The maximum atomic E-state index is 6.24. The molecule has 4 aromatic rings. The third kappa shape index (κ3) is 2.03. The number of fused-ring (bicyclic) bond motifs is 3. The number of benzene rings is 3. The van der Waals surface area contributed by atoms with Gasteiger partial charge >= 0.3 is 0 Å². The first-order valence-electron chi connectivity index (χ1n) is 6.38. The van der Waals surface area contributed by atoms with Crippen molar-refractivity contribution in [3.05, 3.63) is 56.5 Å². The molecule has 6 heteroatoms. The summed E-state index contributed by atoms with van der Waals surface area (Å²) < 4.78 is 0. The van der Waals surface area contributed by atoms with E-state index in [-0.39, 0.29) is 20.1 Å². The number of nitrogens with zero attached hydrogens (tertiary/aromatic N) is 2. The van der Waals surface area contributed by atoms with Crippen LogP contribution in [-0.2, 0) is 0 Å². The molecule has 1 aromatic heterocycles. The summed E-state index contributed by atoms with van der Waals surface area (Å²) in [6.07, 6.45) is 0. The standard InChI is InChI=1S/C16H6Cl4N2/c17-11-12(18)14(20)16-15(13(11)19)21-9-5-7-3-1-2-4-8(7)6-10(9)22-16/h1-6H. The van der Waals surface area contributed by atoms with Gasteiger partial charge in [-0.05, 0) is 22.9 Å². The van der Waals surface area contributed by atoms with Crippen molar-refractivity contribution >= 4 is 79.2 Å². The van der Waals surface area contributed by atoms with Gasteiger partial charge < -0.3 is 0 Å². The summed E-state index contributed by atoms with van der Waals surface area (Å²) in [6, 6.07) is 11.9. The predicted molar refractivity (Wildman–Crippen MR) is 94.6 cm³/mol. The van der Waals surface area contributed by atoms with Crippen LogP contribution in [0.5, 0.6) is 0 Å². The average molecular weight is 368 g/mol. The van der Waals surface area contributed by atoms with Gasteiger partial charge in [-0.25, -0.2) is 9.97 Å². The molecule has 2 nitrogen and oxygen atoms in total. The van der Waals surface area contributed by atoms with Crippen LogP contribution >= 0.6 is 46.4 Å². The molecule has 4 rings (SSSR count). The second kappa shape index (κ2) is 5.10. The molecule has 0 bridgehead atoms. The van der Waals surface area contributed by atoms with Crippen LogP contribution in [0.2, 0.25) is 20.1 Å². The van der Waals surface area contributed by atoms with E-state index in [1.54, 1.807) is 0 Å². The largest absolute Gasteiger partial charge is 0.243 e. The van der Waals surface area contributed by atoms with Gasteiger partial charge in [-0.1, -0.05) is 70.7 Å². The number of aromatic nitrogens is 2. The summed E-state index contributed by atoms with van der Waals surface area (Å²) in [5.41, 5.74) is 2.35. The first kappa shape index (κ1) is 14.3. The van der Waals surface area contributed by atoms with Crippen LogP contribution in [0, 0.1) is 0 Å². The smallest absolute Gasteiger partial charge is 0.111 e. The molecule has 0 aliphatic heterocycles. The Kier molecular flexibility index (Phi) is 3.31. The molecule has 0 radical (unpaired) electrons. The highest BCUT2D eigenvalue weighted by Crippen LogP contribution is 2.42. The SMILES string of the molecule is Clc1c(Cl)c(Cl)c2nc3cc4ccccc4cc3nc2c1Cl. The Morgan fingerprint density at radius 3 is 1.41 bits per heavy atom. The predicted octanol–water partition coefficient (Wildman–Crippen LogP) is 6.55. The molecule has 3 aromatic carbocycles. The van der Waals surface area contributed by atoms with Crippen molar-refractivity contribution in [1.29, 1.82) is 0 Å². The highest BCUT2D eigenvalue weighted by atomic mass is 35.5. The zero-order chi connectivity index (χ0) is 15.4. The molecule has 22 heavy (non-hydrogen) atoms. The maximum Gasteiger partial charge on any atom is 0.111 e. The van der Waals surface area contributed by atoms with Crippen LogP contribution < -0.4 is 0 Å². The maximum absolute atomic E-state index is 6.24. The minimum Gasteiger partial charge on any atom is -0.243 e. The minimum absolute atomic E-state index is 0.190. The summed E-state index contributed by atoms with van der Waals surface area (Å²) in [4.78, 5) is 9.14. The second-order valence-electron chi connectivity index (χ2n) is 4.86. The lowest BCUT2D eigenvalue weighted by molar-refractivity contribution is 1.40. The van der Waals surface area contributed by atoms with E-state index in [1.165, 1.54) is 0 Å². The Morgan fingerprint density at radius 2 is 1.00 bits per heavy atom. The Morgan fingerprint density at radius 1 is 0.591 bits per heavy atom. The van der Waals surface area contributed by atoms with Gasteiger partial charge in [0.1, 0.15) is 11.0 Å². The number of rotatable bonds is 0. The first-order chi connectivity index (χ1) is 10.6. The highest BCUT2D eigenvalue weighted by molar-refractivity contribution is 6.55. The molecule has 0 aliphatic carbocycles. The monoisotopic (exact) mass is 366 g/mol. The van der Waals surface area contributed by atoms with E-state index in [9.17, 15) is 0 Å². The Bertz CT molecular complexity index is 991. The van der Waals surface area contributed by atoms with E-state index in [0.717, 1.165) is 21.8 Å². The summed E-state index contributed by atoms with van der Waals surface area (Å²) in [5.74, 6) is 0. The Balaban J connectivity index is 2.21. The molecule has 0 fully saturated rings. The third-order valence-corrected chi connectivity index (χ3v) is 5.31. The lowest BCUT2D eigenvalue weighted by Gasteiger charge is -2.09. The van der Waals surface area contributed by atoms with E-state index in [2.05, 4.69) is 9.97 Å². The van der Waals surface area contributed by atoms with Gasteiger partial charge in [0.2, 0.25) is 0 Å². The number of hydrogen-bond donors (Lipinski definition) is 0. The molecule has 0 atom stereocenters. The van der Waals surface area contributed by atoms with Crippen molar-refractivity contribution in [1.82, 2.24) is 9.97 Å². The Hall–Kier alpha value is -1.32.